The zero-order valence-electron chi connectivity index (χ0n) is 6.42. The van der Waals surface area contributed by atoms with E-state index in [4.69, 9.17) is 0 Å². The van der Waals surface area contributed by atoms with Crippen molar-refractivity contribution >= 4 is 5.91 Å². The molecule has 0 saturated heterocycles. The first kappa shape index (κ1) is 7.79. The minimum Gasteiger partial charge on any atom is -0.352 e. The van der Waals surface area contributed by atoms with Crippen molar-refractivity contribution in [1.82, 2.24) is 5.32 Å². The van der Waals surface area contributed by atoms with Gasteiger partial charge in [0.15, 0.2) is 0 Å². The summed E-state index contributed by atoms with van der Waals surface area (Å²) in [4.78, 5) is 11.1. The Morgan fingerprint density at radius 3 is 2.73 bits per heavy atom. The lowest BCUT2D eigenvalue weighted by Crippen LogP contribution is -2.22. The fourth-order valence-electron chi connectivity index (χ4n) is 0.801. The first-order valence-corrected chi connectivity index (χ1v) is 3.59. The van der Waals surface area contributed by atoms with Crippen LogP contribution in [0.2, 0.25) is 0 Å². The van der Waals surface area contributed by atoms with Gasteiger partial charge in [0, 0.05) is 12.1 Å². The van der Waals surface area contributed by atoms with E-state index in [9.17, 15) is 4.79 Å². The summed E-state index contributed by atoms with van der Waals surface area (Å²) in [5, 5.41) is 2.71. The van der Waals surface area contributed by atoms with Crippen LogP contribution in [0.25, 0.3) is 0 Å². The van der Waals surface area contributed by atoms with Crippen molar-refractivity contribution in [2.45, 2.75) is 6.92 Å². The molecule has 0 aliphatic heterocycles. The van der Waals surface area contributed by atoms with E-state index in [0.717, 1.165) is 0 Å². The van der Waals surface area contributed by atoms with Gasteiger partial charge in [-0.1, -0.05) is 12.1 Å². The second-order valence-electron chi connectivity index (χ2n) is 2.15. The van der Waals surface area contributed by atoms with E-state index >= 15 is 0 Å². The van der Waals surface area contributed by atoms with Crippen LogP contribution in [0, 0.1) is 6.07 Å². The molecule has 1 N–H and O–H groups in total. The summed E-state index contributed by atoms with van der Waals surface area (Å²) in [7, 11) is 0. The zero-order valence-corrected chi connectivity index (χ0v) is 6.42. The highest BCUT2D eigenvalue weighted by Crippen LogP contribution is 1.96. The molecular weight excluding hydrogens is 138 g/mol. The van der Waals surface area contributed by atoms with Crippen molar-refractivity contribution in [1.29, 1.82) is 0 Å². The average Bonchev–Trinajstić information content (AvgIpc) is 2.07. The van der Waals surface area contributed by atoms with Crippen LogP contribution in [0.3, 0.4) is 0 Å². The normalized spacial score (nSPS) is 9.18. The maximum atomic E-state index is 11.1. The highest BCUT2D eigenvalue weighted by molar-refractivity contribution is 5.93. The summed E-state index contributed by atoms with van der Waals surface area (Å²) in [5.74, 6) is -0.0264. The van der Waals surface area contributed by atoms with Crippen molar-refractivity contribution in [2.24, 2.45) is 0 Å². The van der Waals surface area contributed by atoms with Crippen LogP contribution in [-0.4, -0.2) is 12.5 Å². The first-order valence-electron chi connectivity index (χ1n) is 3.59. The van der Waals surface area contributed by atoms with E-state index in [1.165, 1.54) is 0 Å². The maximum Gasteiger partial charge on any atom is 0.251 e. The molecule has 0 heterocycles. The number of hydrogen-bond donors (Lipinski definition) is 1. The Kier molecular flexibility index (Phi) is 2.66. The number of amides is 1. The third-order valence-corrected chi connectivity index (χ3v) is 1.32. The van der Waals surface area contributed by atoms with Crippen LogP contribution >= 0.6 is 0 Å². The Morgan fingerprint density at radius 2 is 2.18 bits per heavy atom. The van der Waals surface area contributed by atoms with Crippen LogP contribution in [-0.2, 0) is 0 Å². The highest BCUT2D eigenvalue weighted by atomic mass is 16.1. The van der Waals surface area contributed by atoms with Gasteiger partial charge in [-0.3, -0.25) is 4.79 Å². The van der Waals surface area contributed by atoms with Gasteiger partial charge in [-0.15, -0.1) is 0 Å². The van der Waals surface area contributed by atoms with Gasteiger partial charge in [-0.25, -0.2) is 0 Å². The molecule has 0 unspecified atom stereocenters. The lowest BCUT2D eigenvalue weighted by atomic mass is 10.2. The fourth-order valence-corrected chi connectivity index (χ4v) is 0.801. The summed E-state index contributed by atoms with van der Waals surface area (Å²) in [6.07, 6.45) is 0. The van der Waals surface area contributed by atoms with E-state index in [1.54, 1.807) is 24.3 Å². The zero-order chi connectivity index (χ0) is 8.10. The molecule has 1 rings (SSSR count). The summed E-state index contributed by atoms with van der Waals surface area (Å²) in [6.45, 7) is 2.56. The van der Waals surface area contributed by atoms with Crippen molar-refractivity contribution in [2.75, 3.05) is 6.54 Å². The largest absolute Gasteiger partial charge is 0.352 e. The van der Waals surface area contributed by atoms with Crippen molar-refractivity contribution in [3.05, 3.63) is 35.9 Å². The van der Waals surface area contributed by atoms with Gasteiger partial charge in [-0.05, 0) is 25.1 Å². The van der Waals surface area contributed by atoms with E-state index < -0.39 is 0 Å². The standard InChI is InChI=1S/C9H10NO/c1-2-10-9(11)8-6-4-3-5-7-8/h4-7H,2H2,1H3,(H,10,11). The van der Waals surface area contributed by atoms with Crippen LogP contribution in [0.4, 0.5) is 0 Å². The summed E-state index contributed by atoms with van der Waals surface area (Å²) >= 11 is 0. The Morgan fingerprint density at radius 1 is 1.55 bits per heavy atom. The summed E-state index contributed by atoms with van der Waals surface area (Å²) in [5.41, 5.74) is 0.686. The predicted molar refractivity (Wildman–Crippen MR) is 43.3 cm³/mol. The second-order valence-corrected chi connectivity index (χ2v) is 2.15. The maximum absolute atomic E-state index is 11.1. The molecule has 2 nitrogen and oxygen atoms in total. The quantitative estimate of drug-likeness (QED) is 0.671. The molecule has 0 bridgehead atoms. The molecule has 1 amide bonds. The van der Waals surface area contributed by atoms with E-state index in [-0.39, 0.29) is 5.91 Å². The van der Waals surface area contributed by atoms with Gasteiger partial charge >= 0.3 is 0 Å². The lowest BCUT2D eigenvalue weighted by molar-refractivity contribution is 0.0956. The van der Waals surface area contributed by atoms with Gasteiger partial charge in [-0.2, -0.15) is 0 Å². The predicted octanol–water partition coefficient (Wildman–Crippen LogP) is 1.24. The Hall–Kier alpha value is -1.31. The van der Waals surface area contributed by atoms with Gasteiger partial charge in [0.1, 0.15) is 0 Å². The van der Waals surface area contributed by atoms with Crippen molar-refractivity contribution in [3.63, 3.8) is 0 Å². The Bertz CT molecular complexity index is 231. The van der Waals surface area contributed by atoms with Gasteiger partial charge in [0.05, 0.1) is 0 Å². The molecule has 2 heteroatoms. The summed E-state index contributed by atoms with van der Waals surface area (Å²) < 4.78 is 0. The molecule has 0 spiro atoms. The average molecular weight is 148 g/mol. The van der Waals surface area contributed by atoms with Crippen LogP contribution in [0.1, 0.15) is 17.3 Å². The minimum absolute atomic E-state index is 0.0264. The molecule has 57 valence electrons. The molecule has 0 aromatic heterocycles. The van der Waals surface area contributed by atoms with Crippen LogP contribution < -0.4 is 5.32 Å². The van der Waals surface area contributed by atoms with Gasteiger partial charge in [0.25, 0.3) is 5.91 Å². The molecule has 0 fully saturated rings. The number of hydrogen-bond acceptors (Lipinski definition) is 1. The number of rotatable bonds is 2. The van der Waals surface area contributed by atoms with Crippen molar-refractivity contribution < 1.29 is 4.79 Å². The van der Waals surface area contributed by atoms with Crippen LogP contribution in [0.15, 0.2) is 24.3 Å². The molecular formula is C9H10NO. The number of carbonyl (C=O) groups is 1. The van der Waals surface area contributed by atoms with E-state index in [0.29, 0.717) is 12.1 Å². The highest BCUT2D eigenvalue weighted by Gasteiger charge is 1.99. The van der Waals surface area contributed by atoms with Gasteiger partial charge < -0.3 is 5.32 Å². The molecule has 1 aromatic rings. The minimum atomic E-state index is -0.0264. The van der Waals surface area contributed by atoms with Gasteiger partial charge in [0.2, 0.25) is 0 Å². The molecule has 0 atom stereocenters. The molecule has 0 aliphatic rings. The Labute approximate surface area is 66.2 Å². The summed E-state index contributed by atoms with van der Waals surface area (Å²) in [6, 6.07) is 9.79. The number of nitrogens with one attached hydrogen (secondary N) is 1. The Balaban J connectivity index is 2.69. The fraction of sp³-hybridized carbons (Fsp3) is 0.222. The smallest absolute Gasteiger partial charge is 0.251 e. The lowest BCUT2D eigenvalue weighted by Gasteiger charge is -1.99. The van der Waals surface area contributed by atoms with Crippen molar-refractivity contribution in [3.8, 4) is 0 Å². The van der Waals surface area contributed by atoms with E-state index in [1.807, 2.05) is 6.92 Å². The number of carbonyl (C=O) groups excluding carboxylic acids is 1. The first-order chi connectivity index (χ1) is 5.34. The molecule has 1 radical (unpaired) electrons. The van der Waals surface area contributed by atoms with E-state index in [2.05, 4.69) is 11.4 Å². The molecule has 0 aliphatic carbocycles. The monoisotopic (exact) mass is 148 g/mol. The number of benzene rings is 1. The van der Waals surface area contributed by atoms with Crippen LogP contribution in [0.5, 0.6) is 0 Å². The SMILES string of the molecule is CCNC(=O)c1cc[c]cc1. The topological polar surface area (TPSA) is 29.1 Å². The third-order valence-electron chi connectivity index (χ3n) is 1.32. The molecule has 0 saturated carbocycles. The second kappa shape index (κ2) is 3.76. The third kappa shape index (κ3) is 2.08. The molecule has 11 heavy (non-hydrogen) atoms. The molecule has 1 aromatic carbocycles.